The van der Waals surface area contributed by atoms with Crippen LogP contribution in [-0.4, -0.2) is 16.2 Å². The number of hydrogen-bond acceptors (Lipinski definition) is 2. The normalized spacial score (nSPS) is 20.4. The second-order valence-electron chi connectivity index (χ2n) is 7.16. The predicted molar refractivity (Wildman–Crippen MR) is 100 cm³/mol. The highest BCUT2D eigenvalue weighted by atomic mass is 16.4. The van der Waals surface area contributed by atoms with Crippen molar-refractivity contribution in [2.75, 3.05) is 0 Å². The number of carboxylic acid groups (broad SMARTS) is 1. The zero-order valence-corrected chi connectivity index (χ0v) is 14.7. The van der Waals surface area contributed by atoms with Crippen LogP contribution >= 0.6 is 0 Å². The van der Waals surface area contributed by atoms with Gasteiger partial charge in [0.15, 0.2) is 0 Å². The number of hydrogen-bond donors (Lipinski definition) is 2. The van der Waals surface area contributed by atoms with Crippen molar-refractivity contribution in [2.24, 2.45) is 5.92 Å². The zero-order valence-electron chi connectivity index (χ0n) is 14.7. The lowest BCUT2D eigenvalue weighted by Gasteiger charge is -2.28. The molecule has 2 aromatic rings. The Morgan fingerprint density at radius 1 is 1.04 bits per heavy atom. The molecule has 0 spiro atoms. The Morgan fingerprint density at radius 3 is 2.32 bits per heavy atom. The third kappa shape index (κ3) is 4.04. The molecule has 3 nitrogen and oxygen atoms in total. The minimum Gasteiger partial charge on any atom is -0.508 e. The van der Waals surface area contributed by atoms with E-state index in [1.807, 2.05) is 12.1 Å². The number of carboxylic acids is 1. The number of aromatic hydroxyl groups is 1. The van der Waals surface area contributed by atoms with E-state index in [1.54, 1.807) is 0 Å². The third-order valence-corrected chi connectivity index (χ3v) is 5.47. The topological polar surface area (TPSA) is 57.5 Å². The van der Waals surface area contributed by atoms with E-state index in [0.29, 0.717) is 11.5 Å². The van der Waals surface area contributed by atoms with Gasteiger partial charge in [-0.2, -0.15) is 0 Å². The molecular formula is C22H26O3. The monoisotopic (exact) mass is 338 g/mol. The molecule has 132 valence electrons. The van der Waals surface area contributed by atoms with Crippen LogP contribution in [0.4, 0.5) is 0 Å². The fourth-order valence-corrected chi connectivity index (χ4v) is 4.09. The van der Waals surface area contributed by atoms with Crippen LogP contribution in [0.5, 0.6) is 5.75 Å². The smallest absolute Gasteiger partial charge is 0.336 e. The lowest BCUT2D eigenvalue weighted by molar-refractivity contribution is 0.0697. The first-order valence-electron chi connectivity index (χ1n) is 9.25. The molecule has 25 heavy (non-hydrogen) atoms. The van der Waals surface area contributed by atoms with Gasteiger partial charge in [-0.3, -0.25) is 0 Å². The van der Waals surface area contributed by atoms with E-state index in [2.05, 4.69) is 19.1 Å². The van der Waals surface area contributed by atoms with Crippen molar-refractivity contribution in [3.63, 3.8) is 0 Å². The van der Waals surface area contributed by atoms with Gasteiger partial charge in [0.25, 0.3) is 0 Å². The van der Waals surface area contributed by atoms with Gasteiger partial charge < -0.3 is 10.2 Å². The molecule has 0 aliphatic heterocycles. The maximum absolute atomic E-state index is 11.4. The predicted octanol–water partition coefficient (Wildman–Crippen LogP) is 5.83. The molecule has 0 amide bonds. The van der Waals surface area contributed by atoms with Crippen LogP contribution in [-0.2, 0) is 0 Å². The number of carbonyl (C=O) groups is 1. The van der Waals surface area contributed by atoms with Crippen LogP contribution in [0.3, 0.4) is 0 Å². The summed E-state index contributed by atoms with van der Waals surface area (Å²) in [5.41, 5.74) is 2.95. The summed E-state index contributed by atoms with van der Waals surface area (Å²) in [5.74, 6) is 0.614. The number of aromatic carboxylic acids is 1. The molecule has 0 heterocycles. The van der Waals surface area contributed by atoms with E-state index < -0.39 is 5.97 Å². The first-order valence-corrected chi connectivity index (χ1v) is 9.25. The Labute approximate surface area is 149 Å². The SMILES string of the molecule is CCC[C@H]1CC[C@H](c2ccc(-c3cc(O)ccc3C(=O)O)cc2)CC1. The Morgan fingerprint density at radius 2 is 1.72 bits per heavy atom. The average molecular weight is 338 g/mol. The van der Waals surface area contributed by atoms with Gasteiger partial charge in [0.2, 0.25) is 0 Å². The maximum Gasteiger partial charge on any atom is 0.336 e. The maximum atomic E-state index is 11.4. The number of benzene rings is 2. The summed E-state index contributed by atoms with van der Waals surface area (Å²) in [7, 11) is 0. The molecule has 0 bridgehead atoms. The van der Waals surface area contributed by atoms with Crippen LogP contribution in [0.15, 0.2) is 42.5 Å². The zero-order chi connectivity index (χ0) is 17.8. The van der Waals surface area contributed by atoms with Crippen molar-refractivity contribution < 1.29 is 15.0 Å². The molecule has 1 aliphatic rings. The van der Waals surface area contributed by atoms with Gasteiger partial charge in [0.1, 0.15) is 5.75 Å². The summed E-state index contributed by atoms with van der Waals surface area (Å²) in [6.45, 7) is 2.26. The number of rotatable bonds is 5. The second-order valence-corrected chi connectivity index (χ2v) is 7.16. The Bertz CT molecular complexity index is 725. The number of phenolic OH excluding ortho intramolecular Hbond substituents is 1. The van der Waals surface area contributed by atoms with E-state index in [9.17, 15) is 15.0 Å². The summed E-state index contributed by atoms with van der Waals surface area (Å²) >= 11 is 0. The lowest BCUT2D eigenvalue weighted by atomic mass is 9.77. The van der Waals surface area contributed by atoms with E-state index in [0.717, 1.165) is 11.5 Å². The summed E-state index contributed by atoms with van der Waals surface area (Å²) in [5, 5.41) is 19.1. The Hall–Kier alpha value is -2.29. The summed E-state index contributed by atoms with van der Waals surface area (Å²) in [6, 6.07) is 12.6. The molecule has 0 unspecified atom stereocenters. The first-order chi connectivity index (χ1) is 12.1. The highest BCUT2D eigenvalue weighted by Gasteiger charge is 2.22. The number of phenols is 1. The Kier molecular flexibility index (Phi) is 5.42. The molecule has 0 radical (unpaired) electrons. The van der Waals surface area contributed by atoms with Gasteiger partial charge in [0.05, 0.1) is 5.56 Å². The molecule has 2 aromatic carbocycles. The Balaban J connectivity index is 1.78. The minimum atomic E-state index is -0.978. The van der Waals surface area contributed by atoms with Crippen molar-refractivity contribution in [2.45, 2.75) is 51.4 Å². The summed E-state index contributed by atoms with van der Waals surface area (Å²) in [6.07, 6.45) is 7.75. The van der Waals surface area contributed by atoms with Crippen LogP contribution < -0.4 is 0 Å². The molecule has 1 fully saturated rings. The van der Waals surface area contributed by atoms with Gasteiger partial charge in [-0.1, -0.05) is 44.0 Å². The highest BCUT2D eigenvalue weighted by Crippen LogP contribution is 2.38. The van der Waals surface area contributed by atoms with E-state index in [-0.39, 0.29) is 11.3 Å². The van der Waals surface area contributed by atoms with Crippen molar-refractivity contribution in [3.05, 3.63) is 53.6 Å². The molecule has 2 N–H and O–H groups in total. The van der Waals surface area contributed by atoms with Crippen molar-refractivity contribution in [1.82, 2.24) is 0 Å². The van der Waals surface area contributed by atoms with Crippen LogP contribution in [0.2, 0.25) is 0 Å². The molecule has 0 saturated heterocycles. The quantitative estimate of drug-likeness (QED) is 0.721. The van der Waals surface area contributed by atoms with Gasteiger partial charge in [-0.15, -0.1) is 0 Å². The molecular weight excluding hydrogens is 312 g/mol. The van der Waals surface area contributed by atoms with Gasteiger partial charge >= 0.3 is 5.97 Å². The third-order valence-electron chi connectivity index (χ3n) is 5.47. The van der Waals surface area contributed by atoms with Gasteiger partial charge in [-0.05, 0) is 72.4 Å². The molecule has 3 rings (SSSR count). The molecule has 3 heteroatoms. The fraction of sp³-hybridized carbons (Fsp3) is 0.409. The summed E-state index contributed by atoms with van der Waals surface area (Å²) in [4.78, 5) is 11.4. The van der Waals surface area contributed by atoms with Crippen molar-refractivity contribution >= 4 is 5.97 Å². The standard InChI is InChI=1S/C22H26O3/c1-2-3-15-4-6-16(7-5-15)17-8-10-18(11-9-17)21-14-19(23)12-13-20(21)22(24)25/h8-16,23H,2-7H2,1H3,(H,24,25)/t15-,16-. The largest absolute Gasteiger partial charge is 0.508 e. The lowest BCUT2D eigenvalue weighted by Crippen LogP contribution is -2.13. The van der Waals surface area contributed by atoms with Gasteiger partial charge in [0, 0.05) is 0 Å². The minimum absolute atomic E-state index is 0.0818. The highest BCUT2D eigenvalue weighted by molar-refractivity contribution is 5.96. The molecule has 1 aliphatic carbocycles. The van der Waals surface area contributed by atoms with Crippen LogP contribution in [0, 0.1) is 5.92 Å². The van der Waals surface area contributed by atoms with Crippen LogP contribution in [0.25, 0.3) is 11.1 Å². The van der Waals surface area contributed by atoms with E-state index >= 15 is 0 Å². The fourth-order valence-electron chi connectivity index (χ4n) is 4.09. The molecule has 0 atom stereocenters. The van der Waals surface area contributed by atoms with E-state index in [4.69, 9.17) is 0 Å². The van der Waals surface area contributed by atoms with Crippen LogP contribution in [0.1, 0.15) is 67.3 Å². The van der Waals surface area contributed by atoms with Gasteiger partial charge in [-0.25, -0.2) is 4.79 Å². The second kappa shape index (κ2) is 7.73. The molecule has 1 saturated carbocycles. The van der Waals surface area contributed by atoms with Crippen molar-refractivity contribution in [3.8, 4) is 16.9 Å². The molecule has 0 aromatic heterocycles. The van der Waals surface area contributed by atoms with Crippen molar-refractivity contribution in [1.29, 1.82) is 0 Å². The first kappa shape index (κ1) is 17.5. The van der Waals surface area contributed by atoms with E-state index in [1.165, 1.54) is 62.3 Å². The average Bonchev–Trinajstić information content (AvgIpc) is 2.62. The summed E-state index contributed by atoms with van der Waals surface area (Å²) < 4.78 is 0.